The lowest BCUT2D eigenvalue weighted by Gasteiger charge is -2.29. The Hall–Kier alpha value is -0.620. The first-order valence-corrected chi connectivity index (χ1v) is 5.83. The van der Waals surface area contributed by atoms with E-state index in [0.29, 0.717) is 13.1 Å². The summed E-state index contributed by atoms with van der Waals surface area (Å²) in [6, 6.07) is 0. The van der Waals surface area contributed by atoms with Crippen LogP contribution in [-0.2, 0) is 14.8 Å². The van der Waals surface area contributed by atoms with Crippen molar-refractivity contribution in [2.45, 2.75) is 19.3 Å². The molecule has 1 N–H and O–H groups in total. The summed E-state index contributed by atoms with van der Waals surface area (Å²) in [5, 5.41) is 8.31. The molecule has 13 heavy (non-hydrogen) atoms. The molecule has 1 heterocycles. The highest BCUT2D eigenvalue weighted by atomic mass is 32.2. The van der Waals surface area contributed by atoms with Gasteiger partial charge in [-0.3, -0.25) is 4.79 Å². The first-order valence-electron chi connectivity index (χ1n) is 4.22. The molecule has 76 valence electrons. The van der Waals surface area contributed by atoms with E-state index < -0.39 is 16.0 Å². The smallest absolute Gasteiger partial charge is 0.303 e. The Morgan fingerprint density at radius 2 is 2.00 bits per heavy atom. The van der Waals surface area contributed by atoms with Crippen LogP contribution in [0.2, 0.25) is 0 Å². The fourth-order valence-corrected chi connectivity index (χ4v) is 2.68. The lowest BCUT2D eigenvalue weighted by molar-refractivity contribution is -0.137. The zero-order valence-corrected chi connectivity index (χ0v) is 8.09. The number of carbonyl (C=O) groups is 1. The largest absolute Gasteiger partial charge is 0.481 e. The number of carboxylic acid groups (broad SMARTS) is 1. The van der Waals surface area contributed by atoms with Crippen LogP contribution >= 0.6 is 0 Å². The van der Waals surface area contributed by atoms with Crippen molar-refractivity contribution in [1.29, 1.82) is 0 Å². The van der Waals surface area contributed by atoms with Crippen molar-refractivity contribution in [3.63, 3.8) is 0 Å². The first-order chi connectivity index (χ1) is 6.02. The van der Waals surface area contributed by atoms with Crippen LogP contribution in [-0.4, -0.2) is 42.6 Å². The van der Waals surface area contributed by atoms with Gasteiger partial charge in [-0.1, -0.05) is 0 Å². The lowest BCUT2D eigenvalue weighted by atomic mass is 10.3. The summed E-state index contributed by atoms with van der Waals surface area (Å²) < 4.78 is 24.1. The van der Waals surface area contributed by atoms with E-state index in [2.05, 4.69) is 0 Å². The van der Waals surface area contributed by atoms with Crippen molar-refractivity contribution in [3.05, 3.63) is 0 Å². The summed E-state index contributed by atoms with van der Waals surface area (Å²) in [4.78, 5) is 10.1. The molecule has 0 bridgehead atoms. The second-order valence-electron chi connectivity index (χ2n) is 3.07. The average molecular weight is 207 g/mol. The number of rotatable bonds is 5. The van der Waals surface area contributed by atoms with E-state index in [1.54, 1.807) is 0 Å². The quantitative estimate of drug-likeness (QED) is 0.682. The van der Waals surface area contributed by atoms with Gasteiger partial charge in [0, 0.05) is 19.5 Å². The van der Waals surface area contributed by atoms with E-state index in [9.17, 15) is 13.2 Å². The zero-order chi connectivity index (χ0) is 9.90. The van der Waals surface area contributed by atoms with Gasteiger partial charge in [0.05, 0.1) is 5.75 Å². The van der Waals surface area contributed by atoms with Gasteiger partial charge < -0.3 is 5.11 Å². The molecule has 0 atom stereocenters. The molecule has 5 nitrogen and oxygen atoms in total. The first kappa shape index (κ1) is 10.5. The maximum Gasteiger partial charge on any atom is 0.303 e. The molecular formula is C7H13NO4S. The molecule has 6 heteroatoms. The fraction of sp³-hybridized carbons (Fsp3) is 0.857. The predicted octanol–water partition coefficient (Wildman–Crippen LogP) is -0.113. The minimum Gasteiger partial charge on any atom is -0.481 e. The molecular weight excluding hydrogens is 194 g/mol. The second-order valence-corrected chi connectivity index (χ2v) is 5.15. The van der Waals surface area contributed by atoms with Crippen LogP contribution in [0.15, 0.2) is 0 Å². The molecule has 0 aromatic heterocycles. The van der Waals surface area contributed by atoms with Crippen molar-refractivity contribution < 1.29 is 18.3 Å². The highest BCUT2D eigenvalue weighted by Crippen LogP contribution is 2.13. The van der Waals surface area contributed by atoms with Crippen LogP contribution in [0.25, 0.3) is 0 Å². The molecule has 0 amide bonds. The monoisotopic (exact) mass is 207 g/mol. The van der Waals surface area contributed by atoms with Crippen LogP contribution in [0.5, 0.6) is 0 Å². The zero-order valence-electron chi connectivity index (χ0n) is 7.27. The molecule has 0 saturated carbocycles. The Morgan fingerprint density at radius 1 is 1.38 bits per heavy atom. The number of nitrogens with zero attached hydrogens (tertiary/aromatic N) is 1. The number of hydrogen-bond donors (Lipinski definition) is 1. The van der Waals surface area contributed by atoms with Gasteiger partial charge in [-0.2, -0.15) is 0 Å². The molecule has 0 radical (unpaired) electrons. The summed E-state index contributed by atoms with van der Waals surface area (Å²) >= 11 is 0. The number of carboxylic acids is 1. The highest BCUT2D eigenvalue weighted by molar-refractivity contribution is 7.89. The summed E-state index contributed by atoms with van der Waals surface area (Å²) in [7, 11) is -3.15. The van der Waals surface area contributed by atoms with Crippen LogP contribution in [0.1, 0.15) is 19.3 Å². The van der Waals surface area contributed by atoms with Crippen LogP contribution in [0.4, 0.5) is 0 Å². The van der Waals surface area contributed by atoms with E-state index in [1.807, 2.05) is 0 Å². The van der Waals surface area contributed by atoms with Gasteiger partial charge in [-0.25, -0.2) is 12.7 Å². The van der Waals surface area contributed by atoms with Crippen molar-refractivity contribution in [2.24, 2.45) is 0 Å². The molecule has 0 unspecified atom stereocenters. The van der Waals surface area contributed by atoms with Crippen molar-refractivity contribution >= 4 is 16.0 Å². The summed E-state index contributed by atoms with van der Waals surface area (Å²) in [6.45, 7) is 1.19. The van der Waals surface area contributed by atoms with Gasteiger partial charge in [0.15, 0.2) is 0 Å². The molecule has 0 aliphatic carbocycles. The van der Waals surface area contributed by atoms with Gasteiger partial charge in [-0.05, 0) is 12.8 Å². The van der Waals surface area contributed by atoms with E-state index in [-0.39, 0.29) is 18.6 Å². The second kappa shape index (κ2) is 4.06. The minimum atomic E-state index is -3.15. The number of sulfonamides is 1. The molecule has 1 aliphatic rings. The Morgan fingerprint density at radius 3 is 2.38 bits per heavy atom. The number of aliphatic carboxylic acids is 1. The lowest BCUT2D eigenvalue weighted by Crippen LogP contribution is -2.43. The average Bonchev–Trinajstić information content (AvgIpc) is 1.79. The van der Waals surface area contributed by atoms with Crippen LogP contribution in [0.3, 0.4) is 0 Å². The Labute approximate surface area is 77.4 Å². The maximum absolute atomic E-state index is 11.3. The molecule has 0 spiro atoms. The molecule has 1 saturated heterocycles. The molecule has 0 aromatic rings. The standard InChI is InChI=1S/C7H13NO4S/c9-7(10)3-1-6-13(11,12)8-4-2-5-8/h1-6H2,(H,9,10). The Balaban J connectivity index is 2.30. The normalized spacial score (nSPS) is 18.2. The third-order valence-electron chi connectivity index (χ3n) is 2.00. The van der Waals surface area contributed by atoms with E-state index in [4.69, 9.17) is 5.11 Å². The van der Waals surface area contributed by atoms with Gasteiger partial charge in [0.2, 0.25) is 10.0 Å². The fourth-order valence-electron chi connectivity index (χ4n) is 1.10. The van der Waals surface area contributed by atoms with E-state index in [1.165, 1.54) is 4.31 Å². The highest BCUT2D eigenvalue weighted by Gasteiger charge is 2.26. The van der Waals surface area contributed by atoms with Gasteiger partial charge >= 0.3 is 5.97 Å². The Kier molecular flexibility index (Phi) is 3.27. The number of hydrogen-bond acceptors (Lipinski definition) is 3. The molecule has 1 rings (SSSR count). The minimum absolute atomic E-state index is 0.0424. The van der Waals surface area contributed by atoms with Gasteiger partial charge in [0.25, 0.3) is 0 Å². The van der Waals surface area contributed by atoms with Gasteiger partial charge in [-0.15, -0.1) is 0 Å². The maximum atomic E-state index is 11.3. The SMILES string of the molecule is O=C(O)CCCS(=O)(=O)N1CCC1. The van der Waals surface area contributed by atoms with Crippen molar-refractivity contribution in [1.82, 2.24) is 4.31 Å². The third-order valence-corrected chi connectivity index (χ3v) is 3.96. The van der Waals surface area contributed by atoms with E-state index in [0.717, 1.165) is 6.42 Å². The third kappa shape index (κ3) is 2.96. The summed E-state index contributed by atoms with van der Waals surface area (Å²) in [5.41, 5.74) is 0. The van der Waals surface area contributed by atoms with E-state index >= 15 is 0 Å². The predicted molar refractivity (Wildman–Crippen MR) is 46.8 cm³/mol. The Bertz CT molecular complexity index is 281. The van der Waals surface area contributed by atoms with Gasteiger partial charge in [0.1, 0.15) is 0 Å². The molecule has 1 aliphatic heterocycles. The van der Waals surface area contributed by atoms with Crippen molar-refractivity contribution in [2.75, 3.05) is 18.8 Å². The van der Waals surface area contributed by atoms with Crippen molar-refractivity contribution in [3.8, 4) is 0 Å². The molecule has 0 aromatic carbocycles. The molecule has 1 fully saturated rings. The van der Waals surface area contributed by atoms with Crippen LogP contribution < -0.4 is 0 Å². The van der Waals surface area contributed by atoms with Crippen LogP contribution in [0, 0.1) is 0 Å². The summed E-state index contributed by atoms with van der Waals surface area (Å²) in [5.74, 6) is -0.988. The topological polar surface area (TPSA) is 74.7 Å². The summed E-state index contributed by atoms with van der Waals surface area (Å²) in [6.07, 6.45) is 1.04.